The maximum absolute atomic E-state index is 13.0. The molecule has 0 fully saturated rings. The number of ether oxygens (including phenoxy) is 2. The Bertz CT molecular complexity index is 1200. The fraction of sp³-hybridized carbons (Fsp3) is 0.200. The van der Waals surface area contributed by atoms with Crippen LogP contribution >= 0.6 is 0 Å². The number of aliphatic hydroxyl groups is 1. The quantitative estimate of drug-likeness (QED) is 0.396. The summed E-state index contributed by atoms with van der Waals surface area (Å²) in [4.78, 5) is 23.2. The summed E-state index contributed by atoms with van der Waals surface area (Å²) in [6.45, 7) is -0.768. The van der Waals surface area contributed by atoms with Crippen molar-refractivity contribution in [2.45, 2.75) is 18.7 Å². The van der Waals surface area contributed by atoms with Gasteiger partial charge in [0.05, 0.1) is 19.3 Å². The smallest absolute Gasteiger partial charge is 0.419 e. The largest absolute Gasteiger partial charge is 0.506 e. The van der Waals surface area contributed by atoms with Crippen LogP contribution in [0.5, 0.6) is 11.5 Å². The second-order valence-electron chi connectivity index (χ2n) is 7.49. The molecule has 0 heterocycles. The average Bonchev–Trinajstić information content (AvgIpc) is 2.82. The molecule has 3 rings (SSSR count). The number of carboxylic acids is 1. The van der Waals surface area contributed by atoms with E-state index in [0.29, 0.717) is 17.4 Å². The average molecular weight is 490 g/mol. The van der Waals surface area contributed by atoms with Gasteiger partial charge in [-0.2, -0.15) is 13.2 Å². The van der Waals surface area contributed by atoms with E-state index in [1.807, 2.05) is 0 Å². The van der Waals surface area contributed by atoms with E-state index < -0.39 is 47.5 Å². The molecule has 3 N–H and O–H groups in total. The van der Waals surface area contributed by atoms with E-state index >= 15 is 0 Å². The lowest BCUT2D eigenvalue weighted by Gasteiger charge is -2.15. The summed E-state index contributed by atoms with van der Waals surface area (Å²) in [6.07, 6.45) is -4.90. The van der Waals surface area contributed by atoms with Crippen LogP contribution in [0.25, 0.3) is 11.1 Å². The van der Waals surface area contributed by atoms with Crippen molar-refractivity contribution >= 4 is 11.9 Å². The molecule has 184 valence electrons. The Hall–Kier alpha value is -4.05. The topological polar surface area (TPSA) is 113 Å². The van der Waals surface area contributed by atoms with Crippen LogP contribution in [-0.2, 0) is 22.3 Å². The van der Waals surface area contributed by atoms with Gasteiger partial charge < -0.3 is 24.8 Å². The van der Waals surface area contributed by atoms with Crippen molar-refractivity contribution in [2.75, 3.05) is 13.7 Å². The van der Waals surface area contributed by atoms with E-state index in [0.717, 1.165) is 17.2 Å². The Kier molecular flexibility index (Phi) is 7.65. The van der Waals surface area contributed by atoms with Gasteiger partial charge in [-0.05, 0) is 34.9 Å². The normalized spacial score (nSPS) is 12.1. The third kappa shape index (κ3) is 5.72. The summed E-state index contributed by atoms with van der Waals surface area (Å²) in [5.74, 6) is -4.08. The number of alkyl halides is 3. The lowest BCUT2D eigenvalue weighted by atomic mass is 9.97. The fourth-order valence-electron chi connectivity index (χ4n) is 3.49. The Morgan fingerprint density at radius 1 is 0.943 bits per heavy atom. The second-order valence-corrected chi connectivity index (χ2v) is 7.49. The van der Waals surface area contributed by atoms with Gasteiger partial charge in [0, 0.05) is 5.56 Å². The summed E-state index contributed by atoms with van der Waals surface area (Å²) in [6, 6.07) is 15.1. The van der Waals surface area contributed by atoms with Crippen molar-refractivity contribution in [1.82, 2.24) is 0 Å². The maximum atomic E-state index is 13.0. The molecule has 0 spiro atoms. The highest BCUT2D eigenvalue weighted by Gasteiger charge is 2.36. The first-order valence-corrected chi connectivity index (χ1v) is 10.2. The minimum Gasteiger partial charge on any atom is -0.506 e. The number of aliphatic hydroxyl groups excluding tert-OH is 1. The van der Waals surface area contributed by atoms with E-state index in [-0.39, 0.29) is 12.2 Å². The van der Waals surface area contributed by atoms with Gasteiger partial charge >= 0.3 is 18.1 Å². The Labute approximate surface area is 198 Å². The first-order valence-electron chi connectivity index (χ1n) is 10.2. The molecular weight excluding hydrogens is 469 g/mol. The number of halogens is 3. The van der Waals surface area contributed by atoms with Crippen molar-refractivity contribution in [2.24, 2.45) is 0 Å². The number of esters is 1. The zero-order chi connectivity index (χ0) is 25.8. The molecule has 0 aliphatic heterocycles. The van der Waals surface area contributed by atoms with Crippen molar-refractivity contribution < 1.29 is 47.6 Å². The van der Waals surface area contributed by atoms with Gasteiger partial charge in [0.15, 0.2) is 0 Å². The first kappa shape index (κ1) is 25.6. The van der Waals surface area contributed by atoms with Crippen molar-refractivity contribution in [3.63, 3.8) is 0 Å². The predicted octanol–water partition coefficient (Wildman–Crippen LogP) is 4.60. The van der Waals surface area contributed by atoms with Crippen LogP contribution in [-0.4, -0.2) is 41.0 Å². The molecule has 1 atom stereocenters. The third-order valence-electron chi connectivity index (χ3n) is 5.35. The van der Waals surface area contributed by atoms with E-state index in [4.69, 9.17) is 4.74 Å². The number of hydrogen-bond acceptors (Lipinski definition) is 6. The number of carbonyl (C=O) groups excluding carboxylic acids is 1. The van der Waals surface area contributed by atoms with Gasteiger partial charge in [0.2, 0.25) is 0 Å². The number of rotatable bonds is 8. The predicted molar refractivity (Wildman–Crippen MR) is 118 cm³/mol. The standard InChI is InChI=1S/C25H21F3O7/c1-34-24(33)19(12-29)16-4-2-14(3-5-16)15-6-9-18(10-7-15)35-13-17-8-11-20(25(26,27)28)22(30)21(17)23(31)32/h2-11,19,29-30H,12-13H2,1H3,(H,31,32). The van der Waals surface area contributed by atoms with E-state index in [1.165, 1.54) is 7.11 Å². The molecule has 10 heteroatoms. The number of benzene rings is 3. The van der Waals surface area contributed by atoms with Crippen molar-refractivity contribution in [3.8, 4) is 22.6 Å². The number of methoxy groups -OCH3 is 1. The number of hydrogen-bond donors (Lipinski definition) is 3. The molecule has 0 aliphatic rings. The van der Waals surface area contributed by atoms with Crippen LogP contribution < -0.4 is 4.74 Å². The summed E-state index contributed by atoms with van der Waals surface area (Å²) in [7, 11) is 1.24. The fourth-order valence-corrected chi connectivity index (χ4v) is 3.49. The molecular formula is C25H21F3O7. The number of phenols is 1. The van der Waals surface area contributed by atoms with E-state index in [9.17, 15) is 38.1 Å². The lowest BCUT2D eigenvalue weighted by Crippen LogP contribution is -2.17. The maximum Gasteiger partial charge on any atom is 0.419 e. The molecule has 0 aromatic heterocycles. The number of carboxylic acid groups (broad SMARTS) is 1. The van der Waals surface area contributed by atoms with E-state index in [1.54, 1.807) is 48.5 Å². The third-order valence-corrected chi connectivity index (χ3v) is 5.35. The van der Waals surface area contributed by atoms with Gasteiger partial charge in [0.25, 0.3) is 0 Å². The van der Waals surface area contributed by atoms with Gasteiger partial charge in [-0.25, -0.2) is 4.79 Å². The second kappa shape index (κ2) is 10.5. The van der Waals surface area contributed by atoms with Crippen LogP contribution in [0.2, 0.25) is 0 Å². The molecule has 0 saturated heterocycles. The minimum atomic E-state index is -4.90. The first-order chi connectivity index (χ1) is 16.6. The van der Waals surface area contributed by atoms with Crippen LogP contribution in [0, 0.1) is 0 Å². The van der Waals surface area contributed by atoms with Gasteiger partial charge in [-0.3, -0.25) is 4.79 Å². The summed E-state index contributed by atoms with van der Waals surface area (Å²) in [5.41, 5.74) is -0.233. The van der Waals surface area contributed by atoms with Crippen LogP contribution in [0.4, 0.5) is 13.2 Å². The molecule has 3 aromatic carbocycles. The van der Waals surface area contributed by atoms with E-state index in [2.05, 4.69) is 4.74 Å². The molecule has 1 unspecified atom stereocenters. The molecule has 0 amide bonds. The number of carbonyl (C=O) groups is 2. The monoisotopic (exact) mass is 490 g/mol. The molecule has 0 saturated carbocycles. The van der Waals surface area contributed by atoms with Gasteiger partial charge in [-0.15, -0.1) is 0 Å². The Morgan fingerprint density at radius 3 is 2.00 bits per heavy atom. The number of aromatic carboxylic acids is 1. The Morgan fingerprint density at radius 2 is 1.51 bits per heavy atom. The van der Waals surface area contributed by atoms with Crippen molar-refractivity contribution in [3.05, 3.63) is 82.9 Å². The SMILES string of the molecule is COC(=O)C(CO)c1ccc(-c2ccc(OCc3ccc(C(F)(F)F)c(O)c3C(=O)O)cc2)cc1. The minimum absolute atomic E-state index is 0.119. The molecule has 3 aromatic rings. The van der Waals surface area contributed by atoms with Crippen LogP contribution in [0.15, 0.2) is 60.7 Å². The highest BCUT2D eigenvalue weighted by molar-refractivity contribution is 5.93. The summed E-state index contributed by atoms with van der Waals surface area (Å²) in [5, 5.41) is 28.6. The number of aromatic hydroxyl groups is 1. The van der Waals surface area contributed by atoms with Crippen LogP contribution in [0.3, 0.4) is 0 Å². The molecule has 0 radical (unpaired) electrons. The summed E-state index contributed by atoms with van der Waals surface area (Å²) < 4.78 is 49.1. The molecule has 7 nitrogen and oxygen atoms in total. The highest BCUT2D eigenvalue weighted by Crippen LogP contribution is 2.39. The zero-order valence-electron chi connectivity index (χ0n) is 18.4. The van der Waals surface area contributed by atoms with Gasteiger partial charge in [0.1, 0.15) is 29.6 Å². The van der Waals surface area contributed by atoms with Crippen molar-refractivity contribution in [1.29, 1.82) is 0 Å². The molecule has 0 aliphatic carbocycles. The molecule has 35 heavy (non-hydrogen) atoms. The van der Waals surface area contributed by atoms with Gasteiger partial charge in [-0.1, -0.05) is 42.5 Å². The highest BCUT2D eigenvalue weighted by atomic mass is 19.4. The lowest BCUT2D eigenvalue weighted by molar-refractivity contribution is -0.143. The van der Waals surface area contributed by atoms with Crippen LogP contribution in [0.1, 0.15) is 33.0 Å². The molecule has 0 bridgehead atoms. The Balaban J connectivity index is 1.75. The zero-order valence-corrected chi connectivity index (χ0v) is 18.4. The summed E-state index contributed by atoms with van der Waals surface area (Å²) >= 11 is 0.